The van der Waals surface area contributed by atoms with E-state index in [0.29, 0.717) is 4.78 Å². The van der Waals surface area contributed by atoms with Crippen molar-refractivity contribution in [2.24, 2.45) is 0 Å². The van der Waals surface area contributed by atoms with Crippen molar-refractivity contribution in [1.29, 1.82) is 0 Å². The maximum absolute atomic E-state index is 10.5. The summed E-state index contributed by atoms with van der Waals surface area (Å²) < 4.78 is 57.2. The topological polar surface area (TPSA) is 38.7 Å². The molecule has 1 N–H and O–H groups in total. The fourth-order valence-electron chi connectivity index (χ4n) is 1.63. The molecule has 0 atom stereocenters. The first-order valence-electron chi connectivity index (χ1n) is 8.71. The maximum atomic E-state index is 10.5. The molecule has 0 amide bonds. The van der Waals surface area contributed by atoms with Crippen LogP contribution in [0.25, 0.3) is 0 Å². The minimum atomic E-state index is -3.10. The lowest BCUT2D eigenvalue weighted by molar-refractivity contribution is 0.00578. The van der Waals surface area contributed by atoms with Crippen LogP contribution in [0.4, 0.5) is 0 Å². The summed E-state index contributed by atoms with van der Waals surface area (Å²) in [6.45, 7) is 1.31. The van der Waals surface area contributed by atoms with Gasteiger partial charge >= 0.3 is 7.12 Å². The van der Waals surface area contributed by atoms with Crippen molar-refractivity contribution in [2.75, 3.05) is 0 Å². The molecule has 0 radical (unpaired) electrons. The van der Waals surface area contributed by atoms with Crippen molar-refractivity contribution in [3.8, 4) is 0 Å². The lowest BCUT2D eigenvalue weighted by Crippen LogP contribution is -2.41. The Bertz CT molecular complexity index is 592. The van der Waals surface area contributed by atoms with Crippen LogP contribution in [0.15, 0.2) is 12.1 Å². The molecule has 0 spiro atoms. The molecule has 0 aliphatic carbocycles. The first kappa shape index (κ1) is 8.05. The highest BCUT2D eigenvalue weighted by Crippen LogP contribution is 2.37. The molecule has 2 heterocycles. The van der Waals surface area contributed by atoms with Crippen LogP contribution in [-0.2, 0) is 14.9 Å². The molecule has 0 unspecified atom stereocenters. The van der Waals surface area contributed by atoms with Crippen LogP contribution in [0.5, 0.6) is 0 Å². The second-order valence-corrected chi connectivity index (χ2v) is 6.62. The van der Waals surface area contributed by atoms with Crippen LogP contribution < -0.4 is 4.78 Å². The molecular formula is C13H21BO3S. The Morgan fingerprint density at radius 1 is 1.22 bits per heavy atom. The van der Waals surface area contributed by atoms with Gasteiger partial charge in [0.2, 0.25) is 0 Å². The molecule has 0 bridgehead atoms. The fraction of sp³-hybridized carbons (Fsp3) is 0.692. The summed E-state index contributed by atoms with van der Waals surface area (Å²) >= 11 is 0.872. The molecule has 2 rings (SSSR count). The van der Waals surface area contributed by atoms with Gasteiger partial charge in [0, 0.05) is 17.9 Å². The van der Waals surface area contributed by atoms with Gasteiger partial charge in [0.05, 0.1) is 16.8 Å². The number of thiophene rings is 1. The second-order valence-electron chi connectivity index (χ2n) is 5.50. The van der Waals surface area contributed by atoms with Gasteiger partial charge in [-0.25, -0.2) is 0 Å². The van der Waals surface area contributed by atoms with E-state index in [0.717, 1.165) is 11.3 Å². The largest absolute Gasteiger partial charge is 0.505 e. The molecule has 1 aromatic heterocycles. The fourth-order valence-corrected chi connectivity index (χ4v) is 2.50. The van der Waals surface area contributed by atoms with Crippen molar-refractivity contribution in [1.82, 2.24) is 0 Å². The van der Waals surface area contributed by atoms with Crippen LogP contribution in [0, 0.1) is 0 Å². The first-order chi connectivity index (χ1) is 10.5. The van der Waals surface area contributed by atoms with E-state index in [2.05, 4.69) is 0 Å². The van der Waals surface area contributed by atoms with Crippen molar-refractivity contribution >= 4 is 23.2 Å². The molecule has 1 aliphatic rings. The molecule has 1 saturated heterocycles. The third-order valence-corrected chi connectivity index (χ3v) is 4.68. The van der Waals surface area contributed by atoms with Crippen molar-refractivity contribution in [3.05, 3.63) is 17.0 Å². The van der Waals surface area contributed by atoms with Crippen LogP contribution in [0.1, 0.15) is 54.5 Å². The van der Waals surface area contributed by atoms with Crippen molar-refractivity contribution in [2.45, 2.75) is 58.2 Å². The Balaban J connectivity index is 2.41. The van der Waals surface area contributed by atoms with Crippen LogP contribution in [0.3, 0.4) is 0 Å². The summed E-state index contributed by atoms with van der Waals surface area (Å²) in [4.78, 5) is -0.160. The van der Waals surface area contributed by atoms with Crippen LogP contribution in [0.2, 0.25) is 0 Å². The Hall–Kier alpha value is -0.355. The zero-order valence-electron chi connectivity index (χ0n) is 16.9. The van der Waals surface area contributed by atoms with E-state index in [-0.39, 0.29) is 4.88 Å². The summed E-state index contributed by atoms with van der Waals surface area (Å²) in [6.07, 6.45) is 0. The molecular weight excluding hydrogens is 247 g/mol. The zero-order valence-corrected chi connectivity index (χ0v) is 11.7. The van der Waals surface area contributed by atoms with Gasteiger partial charge < -0.3 is 14.4 Å². The van der Waals surface area contributed by atoms with E-state index in [9.17, 15) is 5.11 Å². The Morgan fingerprint density at radius 2 is 1.78 bits per heavy atom. The van der Waals surface area contributed by atoms with E-state index in [1.165, 1.54) is 12.1 Å². The van der Waals surface area contributed by atoms with E-state index in [1.807, 2.05) is 27.7 Å². The van der Waals surface area contributed by atoms with Crippen molar-refractivity contribution in [3.63, 3.8) is 0 Å². The molecule has 3 nitrogen and oxygen atoms in total. The first-order valence-corrected chi connectivity index (χ1v) is 6.53. The van der Waals surface area contributed by atoms with Crippen molar-refractivity contribution < 1.29 is 22.6 Å². The Kier molecular flexibility index (Phi) is 1.82. The average Bonchev–Trinajstić information content (AvgIpc) is 2.89. The summed E-state index contributed by atoms with van der Waals surface area (Å²) in [6, 6.07) is 2.84. The second kappa shape index (κ2) is 4.07. The third-order valence-electron chi connectivity index (χ3n) is 3.47. The molecule has 0 aromatic carbocycles. The highest BCUT2D eigenvalue weighted by Gasteiger charge is 2.52. The Labute approximate surface area is 122 Å². The quantitative estimate of drug-likeness (QED) is 0.841. The molecule has 1 fully saturated rings. The monoisotopic (exact) mass is 274 g/mol. The SMILES string of the molecule is [2H]C([2H])([2H])C(O)(c1ccc(B2OC(C)(C)C(C)(C)O2)s1)C([2H])([2H])[2H]. The van der Waals surface area contributed by atoms with E-state index < -0.39 is 37.6 Å². The number of hydrogen-bond donors (Lipinski definition) is 1. The standard InChI is InChI=1S/C13H21BO3S/c1-11(2,15)9-7-8-10(18-9)14-16-12(3,4)13(5,6)17-14/h7-8,15H,1-6H3/i1D3,2D3. The van der Waals surface area contributed by atoms with Gasteiger partial charge in [-0.05, 0) is 47.5 Å². The Morgan fingerprint density at radius 3 is 2.28 bits per heavy atom. The van der Waals surface area contributed by atoms with Crippen LogP contribution in [-0.4, -0.2) is 23.4 Å². The van der Waals surface area contributed by atoms with Gasteiger partial charge in [-0.15, -0.1) is 11.3 Å². The van der Waals surface area contributed by atoms with Gasteiger partial charge in [0.25, 0.3) is 0 Å². The number of hydrogen-bond acceptors (Lipinski definition) is 4. The molecule has 1 aromatic rings. The molecule has 100 valence electrons. The molecule has 5 heteroatoms. The molecule has 18 heavy (non-hydrogen) atoms. The van der Waals surface area contributed by atoms with Gasteiger partial charge in [0.1, 0.15) is 0 Å². The molecule has 0 saturated carbocycles. The third kappa shape index (κ3) is 2.37. The lowest BCUT2D eigenvalue weighted by atomic mass is 9.88. The zero-order chi connectivity index (χ0) is 18.8. The van der Waals surface area contributed by atoms with Gasteiger partial charge in [-0.1, -0.05) is 6.07 Å². The predicted molar refractivity (Wildman–Crippen MR) is 75.3 cm³/mol. The lowest BCUT2D eigenvalue weighted by Gasteiger charge is -2.32. The highest BCUT2D eigenvalue weighted by molar-refractivity contribution is 7.22. The smallest absolute Gasteiger partial charge is 0.399 e. The maximum Gasteiger partial charge on any atom is 0.505 e. The molecule has 1 aliphatic heterocycles. The normalized spacial score (nSPS) is 28.8. The summed E-state index contributed by atoms with van der Waals surface area (Å²) in [7, 11) is -0.744. The van der Waals surface area contributed by atoms with Gasteiger partial charge in [0.15, 0.2) is 0 Å². The van der Waals surface area contributed by atoms with E-state index >= 15 is 0 Å². The summed E-state index contributed by atoms with van der Waals surface area (Å²) in [5.41, 5.74) is -4.09. The predicted octanol–water partition coefficient (Wildman–Crippen LogP) is 2.27. The average molecular weight is 274 g/mol. The number of aliphatic hydroxyl groups is 1. The highest BCUT2D eigenvalue weighted by atomic mass is 32.1. The minimum absolute atomic E-state index is 0.160. The van der Waals surface area contributed by atoms with Gasteiger partial charge in [-0.3, -0.25) is 0 Å². The van der Waals surface area contributed by atoms with Gasteiger partial charge in [-0.2, -0.15) is 0 Å². The summed E-state index contributed by atoms with van der Waals surface area (Å²) in [5, 5.41) is 10.5. The minimum Gasteiger partial charge on any atom is -0.399 e. The van der Waals surface area contributed by atoms with E-state index in [4.69, 9.17) is 17.5 Å². The van der Waals surface area contributed by atoms with Crippen LogP contribution >= 0.6 is 11.3 Å². The van der Waals surface area contributed by atoms with E-state index in [1.54, 1.807) is 0 Å². The summed E-state index contributed by atoms with van der Waals surface area (Å²) in [5.74, 6) is 0. The number of rotatable bonds is 2.